The molecule has 2 heterocycles. The second kappa shape index (κ2) is 5.30. The summed E-state index contributed by atoms with van der Waals surface area (Å²) in [5.74, 6) is 0. The largest absolute Gasteiger partial charge is 0.328 e. The molecule has 0 spiro atoms. The van der Waals surface area contributed by atoms with Gasteiger partial charge < -0.3 is 0 Å². The van der Waals surface area contributed by atoms with E-state index in [1.54, 1.807) is 18.6 Å². The average Bonchev–Trinajstić information content (AvgIpc) is 2.33. The summed E-state index contributed by atoms with van der Waals surface area (Å²) in [5.41, 5.74) is 0.765. The second-order valence-corrected chi connectivity index (χ2v) is 4.82. The zero-order chi connectivity index (χ0) is 13.1. The van der Waals surface area contributed by atoms with E-state index in [0.29, 0.717) is 18.5 Å². The van der Waals surface area contributed by atoms with E-state index >= 15 is 0 Å². The van der Waals surface area contributed by atoms with Crippen LogP contribution in [-0.4, -0.2) is 14.5 Å². The van der Waals surface area contributed by atoms with E-state index in [0.717, 1.165) is 10.0 Å². The molecule has 0 atom stereocenters. The van der Waals surface area contributed by atoms with Gasteiger partial charge in [0.1, 0.15) is 0 Å². The van der Waals surface area contributed by atoms with Crippen molar-refractivity contribution < 1.29 is 0 Å². The van der Waals surface area contributed by atoms with E-state index in [1.165, 1.54) is 4.57 Å². The fourth-order valence-corrected chi connectivity index (χ4v) is 2.08. The van der Waals surface area contributed by atoms with Crippen LogP contribution in [0, 0.1) is 0 Å². The molecule has 0 aliphatic heterocycles. The summed E-state index contributed by atoms with van der Waals surface area (Å²) in [6.07, 6.45) is 5.55. The van der Waals surface area contributed by atoms with Crippen LogP contribution in [0.1, 0.15) is 18.1 Å². The molecule has 0 saturated carbocycles. The molecule has 0 aromatic carbocycles. The predicted octanol–water partition coefficient (Wildman–Crippen LogP) is 1.30. The van der Waals surface area contributed by atoms with Gasteiger partial charge in [0.25, 0.3) is 5.56 Å². The van der Waals surface area contributed by atoms with Gasteiger partial charge in [-0.1, -0.05) is 6.92 Å². The fraction of sp³-hybridized carbons (Fsp3) is 0.250. The van der Waals surface area contributed by atoms with Crippen LogP contribution < -0.4 is 11.2 Å². The monoisotopic (exact) mass is 309 g/mol. The number of halogens is 1. The van der Waals surface area contributed by atoms with Crippen molar-refractivity contribution in [1.82, 2.24) is 14.5 Å². The third-order valence-corrected chi connectivity index (χ3v) is 3.01. The zero-order valence-corrected chi connectivity index (χ0v) is 11.4. The molecule has 2 aromatic rings. The van der Waals surface area contributed by atoms with Crippen LogP contribution in [0.15, 0.2) is 38.7 Å². The average molecular weight is 310 g/mol. The van der Waals surface area contributed by atoms with Crippen LogP contribution in [0.5, 0.6) is 0 Å². The maximum absolute atomic E-state index is 11.7. The van der Waals surface area contributed by atoms with Crippen LogP contribution >= 0.6 is 15.9 Å². The van der Waals surface area contributed by atoms with Crippen molar-refractivity contribution in [2.75, 3.05) is 0 Å². The van der Waals surface area contributed by atoms with Gasteiger partial charge in [-0.15, -0.1) is 0 Å². The smallest absolute Gasteiger partial charge is 0.296 e. The van der Waals surface area contributed by atoms with E-state index in [2.05, 4.69) is 25.9 Å². The predicted molar refractivity (Wildman–Crippen MR) is 71.7 cm³/mol. The first kappa shape index (κ1) is 12.8. The molecule has 0 bridgehead atoms. The highest BCUT2D eigenvalue weighted by Gasteiger charge is 2.04. The highest BCUT2D eigenvalue weighted by atomic mass is 79.9. The number of aromatic amines is 1. The van der Waals surface area contributed by atoms with Gasteiger partial charge in [0.2, 0.25) is 0 Å². The Morgan fingerprint density at radius 3 is 2.83 bits per heavy atom. The molecule has 0 fully saturated rings. The van der Waals surface area contributed by atoms with E-state index in [9.17, 15) is 9.59 Å². The Hall–Kier alpha value is -1.69. The van der Waals surface area contributed by atoms with Crippen LogP contribution in [-0.2, 0) is 13.0 Å². The van der Waals surface area contributed by atoms with Crippen molar-refractivity contribution >= 4 is 15.9 Å². The molecule has 2 aromatic heterocycles. The fourth-order valence-electron chi connectivity index (χ4n) is 1.66. The third kappa shape index (κ3) is 2.76. The molecule has 0 amide bonds. The highest BCUT2D eigenvalue weighted by Crippen LogP contribution is 2.10. The number of nitrogens with one attached hydrogen (secondary N) is 1. The quantitative estimate of drug-likeness (QED) is 0.929. The lowest BCUT2D eigenvalue weighted by atomic mass is 10.2. The van der Waals surface area contributed by atoms with Gasteiger partial charge in [-0.3, -0.25) is 19.3 Å². The summed E-state index contributed by atoms with van der Waals surface area (Å²) in [6, 6.07) is 1.89. The summed E-state index contributed by atoms with van der Waals surface area (Å²) in [4.78, 5) is 29.5. The number of aromatic nitrogens is 3. The molecule has 94 valence electrons. The number of H-pyrrole nitrogens is 1. The Bertz CT molecular complexity index is 676. The van der Waals surface area contributed by atoms with Crippen molar-refractivity contribution in [2.24, 2.45) is 0 Å². The molecule has 2 rings (SSSR count). The maximum atomic E-state index is 11.7. The van der Waals surface area contributed by atoms with Gasteiger partial charge in [-0.05, 0) is 34.0 Å². The van der Waals surface area contributed by atoms with Gasteiger partial charge in [0.05, 0.1) is 6.54 Å². The van der Waals surface area contributed by atoms with Gasteiger partial charge in [-0.25, -0.2) is 4.79 Å². The Labute approximate surface area is 112 Å². The van der Waals surface area contributed by atoms with Crippen LogP contribution in [0.4, 0.5) is 0 Å². The maximum Gasteiger partial charge on any atom is 0.328 e. The molecular formula is C12H12BrN3O2. The number of rotatable bonds is 3. The lowest BCUT2D eigenvalue weighted by Crippen LogP contribution is -2.31. The van der Waals surface area contributed by atoms with E-state index in [1.807, 2.05) is 13.0 Å². The first-order valence-electron chi connectivity index (χ1n) is 5.52. The molecule has 0 saturated heterocycles. The normalized spacial score (nSPS) is 10.6. The van der Waals surface area contributed by atoms with Gasteiger partial charge in [0.15, 0.2) is 0 Å². The van der Waals surface area contributed by atoms with Crippen molar-refractivity contribution in [2.45, 2.75) is 19.9 Å². The number of nitrogens with zero attached hydrogens (tertiary/aromatic N) is 2. The Kier molecular flexibility index (Phi) is 3.76. The summed E-state index contributed by atoms with van der Waals surface area (Å²) >= 11 is 3.33. The molecule has 0 aliphatic rings. The van der Waals surface area contributed by atoms with Gasteiger partial charge in [0, 0.05) is 28.6 Å². The number of aryl methyl sites for hydroxylation is 1. The Morgan fingerprint density at radius 1 is 1.39 bits per heavy atom. The summed E-state index contributed by atoms with van der Waals surface area (Å²) < 4.78 is 2.33. The standard InChI is InChI=1S/C12H12BrN3O2/c1-2-9-7-16(12(18)15-11(9)17)6-8-3-10(13)5-14-4-8/h3-5,7H,2,6H2,1H3,(H,15,17,18). The Morgan fingerprint density at radius 2 is 2.17 bits per heavy atom. The van der Waals surface area contributed by atoms with E-state index < -0.39 is 5.69 Å². The van der Waals surface area contributed by atoms with Crippen LogP contribution in [0.3, 0.4) is 0 Å². The number of hydrogen-bond acceptors (Lipinski definition) is 3. The topological polar surface area (TPSA) is 67.8 Å². The minimum Gasteiger partial charge on any atom is -0.296 e. The van der Waals surface area contributed by atoms with Crippen molar-refractivity contribution in [1.29, 1.82) is 0 Å². The highest BCUT2D eigenvalue weighted by molar-refractivity contribution is 9.10. The molecule has 1 N–H and O–H groups in total. The second-order valence-electron chi connectivity index (χ2n) is 3.91. The molecule has 5 nitrogen and oxygen atoms in total. The molecular weight excluding hydrogens is 298 g/mol. The van der Waals surface area contributed by atoms with E-state index in [-0.39, 0.29) is 5.56 Å². The third-order valence-electron chi connectivity index (χ3n) is 2.58. The van der Waals surface area contributed by atoms with Gasteiger partial charge >= 0.3 is 5.69 Å². The first-order chi connectivity index (χ1) is 8.60. The SMILES string of the molecule is CCc1cn(Cc2cncc(Br)c2)c(=O)[nH]c1=O. The molecule has 0 aliphatic carbocycles. The minimum absolute atomic E-state index is 0.314. The minimum atomic E-state index is -0.405. The van der Waals surface area contributed by atoms with Crippen LogP contribution in [0.2, 0.25) is 0 Å². The van der Waals surface area contributed by atoms with Crippen molar-refractivity contribution in [3.05, 3.63) is 61.1 Å². The lowest BCUT2D eigenvalue weighted by Gasteiger charge is -2.06. The summed E-state index contributed by atoms with van der Waals surface area (Å²) in [7, 11) is 0. The molecule has 18 heavy (non-hydrogen) atoms. The molecule has 0 unspecified atom stereocenters. The number of pyridine rings is 1. The molecule has 6 heteroatoms. The number of hydrogen-bond donors (Lipinski definition) is 1. The van der Waals surface area contributed by atoms with Gasteiger partial charge in [-0.2, -0.15) is 0 Å². The first-order valence-corrected chi connectivity index (χ1v) is 6.31. The van der Waals surface area contributed by atoms with Crippen molar-refractivity contribution in [3.63, 3.8) is 0 Å². The Balaban J connectivity index is 2.40. The summed E-state index contributed by atoms with van der Waals surface area (Å²) in [5, 5.41) is 0. The zero-order valence-electron chi connectivity index (χ0n) is 9.81. The summed E-state index contributed by atoms with van der Waals surface area (Å²) in [6.45, 7) is 2.26. The van der Waals surface area contributed by atoms with Crippen LogP contribution in [0.25, 0.3) is 0 Å². The molecule has 0 radical (unpaired) electrons. The lowest BCUT2D eigenvalue weighted by molar-refractivity contribution is 0.705. The van der Waals surface area contributed by atoms with E-state index in [4.69, 9.17) is 0 Å². The van der Waals surface area contributed by atoms with Crippen molar-refractivity contribution in [3.8, 4) is 0 Å².